The van der Waals surface area contributed by atoms with E-state index in [9.17, 15) is 4.79 Å². The Morgan fingerprint density at radius 1 is 1.06 bits per heavy atom. The van der Waals surface area contributed by atoms with Crippen molar-refractivity contribution in [2.24, 2.45) is 16.8 Å². The molecule has 0 N–H and O–H groups in total. The number of allylic oxidation sites excluding steroid dienone is 3. The molecule has 2 aliphatic heterocycles. The number of hydrogen-bond acceptors (Lipinski definition) is 3. The fourth-order valence-corrected chi connectivity index (χ4v) is 5.12. The zero-order valence-corrected chi connectivity index (χ0v) is 20.5. The van der Waals surface area contributed by atoms with Crippen LogP contribution < -0.4 is 4.90 Å². The fraction of sp³-hybridized carbons (Fsp3) is 0.556. The van der Waals surface area contributed by atoms with Crippen molar-refractivity contribution in [1.82, 2.24) is 4.90 Å². The molecule has 0 atom stereocenters. The largest absolute Gasteiger partial charge is 0.357 e. The van der Waals surface area contributed by atoms with E-state index < -0.39 is 0 Å². The van der Waals surface area contributed by atoms with Crippen LogP contribution in [0.5, 0.6) is 0 Å². The van der Waals surface area contributed by atoms with E-state index in [1.165, 1.54) is 30.4 Å². The number of nitrogens with zero attached hydrogens (tertiary/aromatic N) is 3. The monoisotopic (exact) mass is 453 g/mol. The van der Waals surface area contributed by atoms with Gasteiger partial charge in [0.2, 0.25) is 5.91 Å². The first-order chi connectivity index (χ1) is 15.4. The smallest absolute Gasteiger partial charge is 0.230 e. The molecule has 1 saturated heterocycles. The molecular formula is C27H36ClN3O. The lowest BCUT2D eigenvalue weighted by Crippen LogP contribution is -2.45. The zero-order chi connectivity index (χ0) is 22.7. The Bertz CT molecular complexity index is 919. The maximum Gasteiger partial charge on any atom is 0.230 e. The molecule has 5 heteroatoms. The maximum absolute atomic E-state index is 13.6. The second-order valence-electron chi connectivity index (χ2n) is 9.83. The van der Waals surface area contributed by atoms with Gasteiger partial charge in [-0.3, -0.25) is 4.79 Å². The van der Waals surface area contributed by atoms with Gasteiger partial charge in [0, 0.05) is 42.0 Å². The van der Waals surface area contributed by atoms with Gasteiger partial charge in [-0.05, 0) is 101 Å². The number of likely N-dealkylation sites (tertiary alicyclic amines) is 1. The van der Waals surface area contributed by atoms with E-state index in [1.807, 2.05) is 29.2 Å². The van der Waals surface area contributed by atoms with Crippen LogP contribution in [-0.4, -0.2) is 36.2 Å². The van der Waals surface area contributed by atoms with Gasteiger partial charge in [-0.25, -0.2) is 4.99 Å². The van der Waals surface area contributed by atoms with E-state index >= 15 is 0 Å². The van der Waals surface area contributed by atoms with Crippen LogP contribution in [0.2, 0.25) is 5.02 Å². The molecule has 0 radical (unpaired) electrons. The van der Waals surface area contributed by atoms with E-state index in [2.05, 4.69) is 31.7 Å². The number of rotatable bonds is 5. The van der Waals surface area contributed by atoms with Crippen molar-refractivity contribution in [1.29, 1.82) is 0 Å². The highest BCUT2D eigenvalue weighted by Gasteiger charge is 2.32. The molecule has 1 saturated carbocycles. The molecule has 1 aromatic carbocycles. The molecular weight excluding hydrogens is 418 g/mol. The summed E-state index contributed by atoms with van der Waals surface area (Å²) in [5.41, 5.74) is 4.80. The van der Waals surface area contributed by atoms with Crippen LogP contribution in [0.4, 0.5) is 5.69 Å². The summed E-state index contributed by atoms with van der Waals surface area (Å²) in [6, 6.07) is 7.76. The van der Waals surface area contributed by atoms with Crippen LogP contribution in [0.15, 0.2) is 52.3 Å². The van der Waals surface area contributed by atoms with Gasteiger partial charge in [0.05, 0.1) is 0 Å². The number of amides is 1. The summed E-state index contributed by atoms with van der Waals surface area (Å²) in [5, 5.41) is 0.710. The van der Waals surface area contributed by atoms with Crippen LogP contribution in [0.25, 0.3) is 0 Å². The summed E-state index contributed by atoms with van der Waals surface area (Å²) >= 11 is 6.10. The molecule has 4 nitrogen and oxygen atoms in total. The van der Waals surface area contributed by atoms with Gasteiger partial charge in [0.15, 0.2) is 0 Å². The predicted octanol–water partition coefficient (Wildman–Crippen LogP) is 6.62. The van der Waals surface area contributed by atoms with Crippen molar-refractivity contribution in [3.63, 3.8) is 0 Å². The minimum atomic E-state index is 0.0729. The van der Waals surface area contributed by atoms with Crippen LogP contribution >= 0.6 is 11.6 Å². The molecule has 0 aromatic heterocycles. The number of carbonyl (C=O) groups is 1. The second-order valence-corrected chi connectivity index (χ2v) is 10.3. The molecule has 1 amide bonds. The third-order valence-electron chi connectivity index (χ3n) is 7.23. The third kappa shape index (κ3) is 5.46. The first-order valence-electron chi connectivity index (χ1n) is 12.1. The van der Waals surface area contributed by atoms with Crippen molar-refractivity contribution >= 4 is 28.9 Å². The number of aliphatic imine (C=N–C) groups is 1. The lowest BCUT2D eigenvalue weighted by atomic mass is 9.84. The highest BCUT2D eigenvalue weighted by molar-refractivity contribution is 6.30. The standard InChI is InChI=1S/C27H36ClN3O/c1-19-7-8-20(2)26(29-21(3)17-19)30-15-13-23(14-16-30)27(32)31(18-22-5-4-6-22)25-11-9-24(28)10-12-25/h9-12,17,22-23H,4-8,13-16,18H2,1-3H3/b19-17-,26-20-,29-21-. The summed E-state index contributed by atoms with van der Waals surface area (Å²) < 4.78 is 0. The minimum absolute atomic E-state index is 0.0729. The Kier molecular flexibility index (Phi) is 7.40. The van der Waals surface area contributed by atoms with Gasteiger partial charge in [-0.15, -0.1) is 0 Å². The quantitative estimate of drug-likeness (QED) is 0.502. The zero-order valence-electron chi connectivity index (χ0n) is 19.7. The Hall–Kier alpha value is -2.07. The molecule has 0 unspecified atom stereocenters. The molecule has 3 aliphatic rings. The summed E-state index contributed by atoms with van der Waals surface area (Å²) in [5.74, 6) is 2.11. The van der Waals surface area contributed by atoms with Gasteiger partial charge in [0.25, 0.3) is 0 Å². The molecule has 32 heavy (non-hydrogen) atoms. The van der Waals surface area contributed by atoms with E-state index in [0.717, 1.165) is 62.5 Å². The van der Waals surface area contributed by atoms with E-state index in [4.69, 9.17) is 16.6 Å². The van der Waals surface area contributed by atoms with Crippen LogP contribution in [0, 0.1) is 11.8 Å². The lowest BCUT2D eigenvalue weighted by molar-refractivity contribution is -0.123. The molecule has 1 aliphatic carbocycles. The van der Waals surface area contributed by atoms with Gasteiger partial charge >= 0.3 is 0 Å². The van der Waals surface area contributed by atoms with Crippen molar-refractivity contribution in [2.75, 3.05) is 24.5 Å². The molecule has 2 fully saturated rings. The number of halogens is 1. The molecule has 1 aromatic rings. The third-order valence-corrected chi connectivity index (χ3v) is 7.48. The van der Waals surface area contributed by atoms with Gasteiger partial charge in [0.1, 0.15) is 5.82 Å². The number of hydrogen-bond donors (Lipinski definition) is 0. The Balaban J connectivity index is 1.45. The molecule has 0 bridgehead atoms. The van der Waals surface area contributed by atoms with Gasteiger partial charge < -0.3 is 9.80 Å². The van der Waals surface area contributed by atoms with Crippen LogP contribution in [0.3, 0.4) is 0 Å². The van der Waals surface area contributed by atoms with E-state index in [1.54, 1.807) is 0 Å². The van der Waals surface area contributed by atoms with Crippen LogP contribution in [-0.2, 0) is 4.79 Å². The predicted molar refractivity (Wildman–Crippen MR) is 134 cm³/mol. The number of anilines is 1. The summed E-state index contributed by atoms with van der Waals surface area (Å²) in [7, 11) is 0. The highest BCUT2D eigenvalue weighted by Crippen LogP contribution is 2.33. The first-order valence-corrected chi connectivity index (χ1v) is 12.5. The average Bonchev–Trinajstić information content (AvgIpc) is 2.75. The van der Waals surface area contributed by atoms with Crippen molar-refractivity contribution in [3.05, 3.63) is 52.3 Å². The van der Waals surface area contributed by atoms with E-state index in [-0.39, 0.29) is 11.8 Å². The van der Waals surface area contributed by atoms with E-state index in [0.29, 0.717) is 10.9 Å². The molecule has 172 valence electrons. The highest BCUT2D eigenvalue weighted by atomic mass is 35.5. The Morgan fingerprint density at radius 3 is 2.38 bits per heavy atom. The topological polar surface area (TPSA) is 35.9 Å². The molecule has 0 spiro atoms. The minimum Gasteiger partial charge on any atom is -0.357 e. The van der Waals surface area contributed by atoms with Gasteiger partial charge in [-0.1, -0.05) is 23.6 Å². The van der Waals surface area contributed by atoms with Gasteiger partial charge in [-0.2, -0.15) is 0 Å². The lowest BCUT2D eigenvalue weighted by Gasteiger charge is -2.38. The number of carbonyl (C=O) groups excluding carboxylic acids is 1. The number of benzene rings is 1. The van der Waals surface area contributed by atoms with Crippen molar-refractivity contribution < 1.29 is 4.79 Å². The van der Waals surface area contributed by atoms with Crippen molar-refractivity contribution in [2.45, 2.75) is 65.7 Å². The summed E-state index contributed by atoms with van der Waals surface area (Å²) in [6.07, 6.45) is 9.86. The Morgan fingerprint density at radius 2 is 1.75 bits per heavy atom. The second kappa shape index (κ2) is 10.2. The first kappa shape index (κ1) is 23.1. The number of piperidine rings is 1. The normalized spacial score (nSPS) is 26.3. The summed E-state index contributed by atoms with van der Waals surface area (Å²) in [6.45, 7) is 9.09. The SMILES string of the molecule is C/C1=C/C(C)=N\C(N2CCC(C(=O)N(CC3CCC3)c3ccc(Cl)cc3)CC2)=C(/C)CC1. The van der Waals surface area contributed by atoms with Crippen LogP contribution in [0.1, 0.15) is 65.7 Å². The maximum atomic E-state index is 13.6. The molecule has 2 heterocycles. The molecule has 4 rings (SSSR count). The Labute approximate surface area is 198 Å². The van der Waals surface area contributed by atoms with Crippen molar-refractivity contribution in [3.8, 4) is 0 Å². The fourth-order valence-electron chi connectivity index (χ4n) is 5.00. The summed E-state index contributed by atoms with van der Waals surface area (Å²) in [4.78, 5) is 23.0. The average molecular weight is 454 g/mol.